The van der Waals surface area contributed by atoms with Crippen LogP contribution in [0.1, 0.15) is 22.3 Å². The summed E-state index contributed by atoms with van der Waals surface area (Å²) in [6.07, 6.45) is 6.84. The van der Waals surface area contributed by atoms with Gasteiger partial charge in [-0.1, -0.05) is 156 Å². The van der Waals surface area contributed by atoms with Crippen molar-refractivity contribution < 1.29 is 100 Å². The summed E-state index contributed by atoms with van der Waals surface area (Å²) in [4.78, 5) is 24.2. The summed E-state index contributed by atoms with van der Waals surface area (Å²) >= 11 is 28.6. The van der Waals surface area contributed by atoms with Crippen molar-refractivity contribution in [3.05, 3.63) is 283 Å². The molecule has 10 aromatic rings. The van der Waals surface area contributed by atoms with Gasteiger partial charge in [-0.05, 0) is 149 Å². The van der Waals surface area contributed by atoms with Crippen molar-refractivity contribution in [2.75, 3.05) is 16.0 Å². The van der Waals surface area contributed by atoms with Crippen LogP contribution >= 0.6 is 69.6 Å². The van der Waals surface area contributed by atoms with E-state index in [1.807, 2.05) is 100 Å². The summed E-state index contributed by atoms with van der Waals surface area (Å²) < 4.78 is 153. The predicted molar refractivity (Wildman–Crippen MR) is 376 cm³/mol. The zero-order valence-corrected chi connectivity index (χ0v) is 62.4. The Bertz CT molecular complexity index is 3820. The monoisotopic (exact) mass is 1680 g/mol. The Kier molecular flexibility index (Phi) is 45.0. The van der Waals surface area contributed by atoms with Crippen LogP contribution in [-0.2, 0) is 89.6 Å². The predicted octanol–water partition coefficient (Wildman–Crippen LogP) is 20.2. The summed E-state index contributed by atoms with van der Waals surface area (Å²) in [7, 11) is -21.9. The Morgan fingerprint density at radius 2 is 0.465 bits per heavy atom. The fraction of sp³-hybridized carbons (Fsp3) is 0.115. The third-order valence-electron chi connectivity index (χ3n) is 10.6. The van der Waals surface area contributed by atoms with Crippen molar-refractivity contribution in [1.29, 1.82) is 0 Å². The Hall–Kier alpha value is -6.61. The average molecular weight is 1690 g/mol. The van der Waals surface area contributed by atoms with Crippen LogP contribution in [0.2, 0.25) is 0 Å². The molecule has 38 heteroatoms. The van der Waals surface area contributed by atoms with Gasteiger partial charge in [0.2, 0.25) is 40.1 Å². The summed E-state index contributed by atoms with van der Waals surface area (Å²) in [5.74, 6) is 2.12. The van der Waals surface area contributed by atoms with E-state index in [2.05, 4.69) is 59.4 Å². The standard InChI is InChI=1S/2C19H17N3O4S2.2C10H8N3.3CH2Cl2.BF4.3Ni/c2*1-14-6-10-16(11-7-14)27(23,24)21-18-4-3-5-19(20-18)22-28(25,26)17-12-8-15(2)9-13-17;2*1-3-7-11-9(5-1)13-10-6-2-4-8-12-10;3*2-1-3;2-1(3,4)5;;;/h2*3-13H,1-2H3;2*1-8H;3*1H2;;;;/q2*-2;2*-1;;;;-1;2*+2;+3. The van der Waals surface area contributed by atoms with E-state index in [9.17, 15) is 50.9 Å². The number of benzene rings is 4. The number of hydrogen-bond donors (Lipinski definition) is 0. The third kappa shape index (κ3) is 38.7. The molecule has 0 bridgehead atoms. The van der Waals surface area contributed by atoms with Gasteiger partial charge in [-0.2, -0.15) is 0 Å². The van der Waals surface area contributed by atoms with Crippen LogP contribution in [0.25, 0.3) is 29.5 Å². The summed E-state index contributed by atoms with van der Waals surface area (Å²) in [6.45, 7) is 7.37. The van der Waals surface area contributed by atoms with Gasteiger partial charge in [-0.3, -0.25) is 0 Å². The number of hydrogen-bond acceptors (Lipinski definition) is 14. The first-order chi connectivity index (χ1) is 45.5. The molecule has 0 aliphatic heterocycles. The van der Waals surface area contributed by atoms with Crippen LogP contribution in [0.15, 0.2) is 251 Å². The van der Waals surface area contributed by atoms with Crippen LogP contribution in [0, 0.1) is 27.7 Å². The van der Waals surface area contributed by atoms with Crippen molar-refractivity contribution in [1.82, 2.24) is 29.9 Å². The van der Waals surface area contributed by atoms with Gasteiger partial charge in [0.1, 0.15) is 0 Å². The minimum absolute atomic E-state index is 0. The molecule has 4 aromatic carbocycles. The average Bonchev–Trinajstić information content (AvgIpc) is 0.833. The fourth-order valence-electron chi connectivity index (χ4n) is 6.49. The maximum atomic E-state index is 12.4. The molecule has 0 amide bonds. The van der Waals surface area contributed by atoms with Gasteiger partial charge in [0, 0.05) is 23.3 Å². The molecular weight excluding hydrogens is 1630 g/mol. The molecule has 6 heterocycles. The summed E-state index contributed by atoms with van der Waals surface area (Å²) in [5.41, 5.74) is 3.66. The molecule has 10 rings (SSSR count). The molecule has 0 saturated carbocycles. The second kappa shape index (κ2) is 48.3. The molecule has 0 aliphatic carbocycles. The van der Waals surface area contributed by atoms with Crippen LogP contribution in [0.4, 0.5) is 63.8 Å². The molecule has 0 N–H and O–H groups in total. The quantitative estimate of drug-likeness (QED) is 0.0493. The molecule has 0 atom stereocenters. The molecule has 535 valence electrons. The summed E-state index contributed by atoms with van der Waals surface area (Å²) in [5, 5.41) is 9.02. The van der Waals surface area contributed by atoms with Crippen LogP contribution < -0.4 is 0 Å². The zero-order chi connectivity index (χ0) is 71.2. The maximum Gasteiger partial charge on any atom is 3.00 e. The fourth-order valence-corrected chi connectivity index (χ4v) is 10.2. The molecule has 0 unspecified atom stereocenters. The molecule has 1 radical (unpaired) electrons. The molecule has 0 aliphatic rings. The minimum Gasteiger partial charge on any atom is -0.439 e. The van der Waals surface area contributed by atoms with E-state index in [1.54, 1.807) is 73.3 Å². The van der Waals surface area contributed by atoms with Gasteiger partial charge in [-0.15, -0.1) is 69.6 Å². The van der Waals surface area contributed by atoms with E-state index >= 15 is 0 Å². The SMILES string of the molecule is Cc1ccc(S(=O)(=O)[N-]c2cccc([N-]S(=O)(=O)c3ccc(C)cc3)n2)cc1.Cc1ccc(S(=O)(=O)[N-]c2cccc([N-]S(=O)(=O)c3ccc(C)cc3)n2)cc1.ClCCl.ClCCl.ClCCl.F[B-](F)(F)F.[Ni+2].[Ni+2].[Ni+3].c1ccc([N-]c2ccccn2)nc1.c1ccc([N-]c2ccccn2)nc1. The van der Waals surface area contributed by atoms with Gasteiger partial charge in [0.25, 0.3) is 0 Å². The number of aryl methyl sites for hydroxylation is 4. The second-order valence-corrected chi connectivity index (χ2v) is 26.8. The van der Waals surface area contributed by atoms with Crippen LogP contribution in [0.5, 0.6) is 0 Å². The van der Waals surface area contributed by atoms with E-state index in [0.29, 0.717) is 23.3 Å². The Labute approximate surface area is 634 Å². The second-order valence-electron chi connectivity index (χ2n) is 18.0. The Balaban J connectivity index is 0.00000125. The van der Waals surface area contributed by atoms with E-state index in [-0.39, 0.29) is 108 Å². The Morgan fingerprint density at radius 1 is 0.303 bits per heavy atom. The maximum absolute atomic E-state index is 12.4. The first kappa shape index (κ1) is 92.4. The van der Waals surface area contributed by atoms with Gasteiger partial charge in [0.15, 0.2) is 0 Å². The number of halogens is 10. The number of sulfonamides is 4. The molecule has 0 saturated heterocycles. The molecular formula is C61H56BCl6F4N12Ni3O8S4. The topological polar surface area (TPSA) is 298 Å². The zero-order valence-electron chi connectivity index (χ0n) is 51.6. The molecule has 99 heavy (non-hydrogen) atoms. The van der Waals surface area contributed by atoms with E-state index < -0.39 is 47.3 Å². The first-order valence-electron chi connectivity index (χ1n) is 26.9. The molecule has 0 spiro atoms. The third-order valence-corrected chi connectivity index (χ3v) is 15.8. The van der Waals surface area contributed by atoms with E-state index in [4.69, 9.17) is 69.6 Å². The van der Waals surface area contributed by atoms with Crippen molar-refractivity contribution in [2.24, 2.45) is 0 Å². The number of pyridine rings is 6. The molecule has 20 nitrogen and oxygen atoms in total. The van der Waals surface area contributed by atoms with Gasteiger partial charge < -0.3 is 76.7 Å². The Morgan fingerprint density at radius 3 is 0.616 bits per heavy atom. The van der Waals surface area contributed by atoms with Gasteiger partial charge >= 0.3 is 56.7 Å². The summed E-state index contributed by atoms with van der Waals surface area (Å²) in [6, 6.07) is 55.6. The largest absolute Gasteiger partial charge is 3.00 e. The molecule has 6 aromatic heterocycles. The van der Waals surface area contributed by atoms with Crippen molar-refractivity contribution in [3.63, 3.8) is 0 Å². The smallest absolute Gasteiger partial charge is 0.439 e. The number of rotatable bonds is 16. The van der Waals surface area contributed by atoms with Crippen LogP contribution in [0.3, 0.4) is 0 Å². The first-order valence-corrected chi connectivity index (χ1v) is 35.9. The van der Waals surface area contributed by atoms with E-state index in [0.717, 1.165) is 22.3 Å². The molecule has 0 fully saturated rings. The van der Waals surface area contributed by atoms with Gasteiger partial charge in [0.05, 0.1) is 35.6 Å². The van der Waals surface area contributed by atoms with E-state index in [1.165, 1.54) is 84.9 Å². The number of alkyl halides is 6. The van der Waals surface area contributed by atoms with Crippen molar-refractivity contribution in [2.45, 2.75) is 47.3 Å². The number of aromatic nitrogens is 6. The van der Waals surface area contributed by atoms with Crippen LogP contribution in [-0.4, -0.2) is 86.8 Å². The minimum atomic E-state index is -6.00. The van der Waals surface area contributed by atoms with Gasteiger partial charge in [-0.25, -0.2) is 33.7 Å². The number of nitrogens with zero attached hydrogens (tertiary/aromatic N) is 12. The van der Waals surface area contributed by atoms with Crippen molar-refractivity contribution in [3.8, 4) is 0 Å². The van der Waals surface area contributed by atoms with Crippen molar-refractivity contribution >= 4 is 163 Å². The normalized spacial score (nSPS) is 10.3.